The second-order valence-electron chi connectivity index (χ2n) is 7.30. The summed E-state index contributed by atoms with van der Waals surface area (Å²) in [5.41, 5.74) is 2.24. The van der Waals surface area contributed by atoms with Crippen LogP contribution >= 0.6 is 0 Å². The Bertz CT molecular complexity index is 616. The van der Waals surface area contributed by atoms with Crippen LogP contribution in [0, 0.1) is 0 Å². The highest BCUT2D eigenvalue weighted by Crippen LogP contribution is 2.27. The largest absolute Gasteiger partial charge is 0.388 e. The minimum atomic E-state index is -1.09. The molecule has 0 aliphatic rings. The van der Waals surface area contributed by atoms with E-state index in [2.05, 4.69) is 75.0 Å². The van der Waals surface area contributed by atoms with E-state index in [4.69, 9.17) is 0 Å². The van der Waals surface area contributed by atoms with Crippen molar-refractivity contribution in [2.45, 2.75) is 38.2 Å². The maximum Gasteiger partial charge on any atom is 0.0787 e. The predicted molar refractivity (Wildman–Crippen MR) is 96.0 cm³/mol. The van der Waals surface area contributed by atoms with Gasteiger partial charge in [-0.2, -0.15) is 0 Å². The number of anilines is 1. The molecular formula is C18H27NOSi. The first kappa shape index (κ1) is 16.1. The lowest BCUT2D eigenvalue weighted by Crippen LogP contribution is -2.20. The number of hydrogen-bond donors (Lipinski definition) is 1. The minimum absolute atomic E-state index is 0.338. The third kappa shape index (κ3) is 4.32. The third-order valence-electron chi connectivity index (χ3n) is 3.92. The highest BCUT2D eigenvalue weighted by Gasteiger charge is 2.16. The van der Waals surface area contributed by atoms with Crippen molar-refractivity contribution in [1.82, 2.24) is 0 Å². The Morgan fingerprint density at radius 3 is 2.24 bits per heavy atom. The fourth-order valence-electron chi connectivity index (χ4n) is 2.47. The van der Waals surface area contributed by atoms with E-state index in [9.17, 15) is 5.11 Å². The van der Waals surface area contributed by atoms with Gasteiger partial charge in [0.15, 0.2) is 0 Å². The molecule has 1 unspecified atom stereocenters. The van der Waals surface area contributed by atoms with Gasteiger partial charge in [-0.15, -0.1) is 0 Å². The van der Waals surface area contributed by atoms with Gasteiger partial charge in [-0.3, -0.25) is 0 Å². The van der Waals surface area contributed by atoms with Crippen molar-refractivity contribution >= 4 is 24.5 Å². The fraction of sp³-hybridized carbons (Fsp3) is 0.444. The summed E-state index contributed by atoms with van der Waals surface area (Å²) in [6.07, 6.45) is 0.534. The molecule has 0 saturated carbocycles. The summed E-state index contributed by atoms with van der Waals surface area (Å²) >= 11 is 0. The van der Waals surface area contributed by atoms with Crippen LogP contribution in [0.4, 0.5) is 5.69 Å². The zero-order valence-corrected chi connectivity index (χ0v) is 14.9. The molecule has 0 bridgehead atoms. The number of rotatable bonds is 5. The molecule has 0 spiro atoms. The number of aliphatic hydroxyl groups is 1. The number of fused-ring (bicyclic) bond motifs is 1. The van der Waals surface area contributed by atoms with Crippen molar-refractivity contribution in [2.24, 2.45) is 0 Å². The predicted octanol–water partition coefficient (Wildman–Crippen LogP) is 4.67. The zero-order valence-electron chi connectivity index (χ0n) is 13.9. The van der Waals surface area contributed by atoms with E-state index < -0.39 is 8.07 Å². The van der Waals surface area contributed by atoms with Crippen LogP contribution in [0.15, 0.2) is 36.4 Å². The van der Waals surface area contributed by atoms with E-state index >= 15 is 0 Å². The van der Waals surface area contributed by atoms with E-state index in [1.54, 1.807) is 0 Å². The van der Waals surface area contributed by atoms with Crippen LogP contribution in [0.5, 0.6) is 0 Å². The van der Waals surface area contributed by atoms with Gasteiger partial charge in [0.2, 0.25) is 0 Å². The van der Waals surface area contributed by atoms with Crippen LogP contribution in [-0.2, 0) is 0 Å². The molecule has 2 nitrogen and oxygen atoms in total. The minimum Gasteiger partial charge on any atom is -0.388 e. The van der Waals surface area contributed by atoms with Crippen LogP contribution in [0.1, 0.15) is 18.1 Å². The Morgan fingerprint density at radius 1 is 1.00 bits per heavy atom. The van der Waals surface area contributed by atoms with Gasteiger partial charge >= 0.3 is 0 Å². The van der Waals surface area contributed by atoms with E-state index in [-0.39, 0.29) is 6.10 Å². The summed E-state index contributed by atoms with van der Waals surface area (Å²) in [6.45, 7) is 7.05. The average Bonchev–Trinajstić information content (AvgIpc) is 2.42. The molecule has 0 amide bonds. The Hall–Kier alpha value is -1.32. The van der Waals surface area contributed by atoms with Crippen molar-refractivity contribution in [3.8, 4) is 0 Å². The summed E-state index contributed by atoms with van der Waals surface area (Å²) in [7, 11) is 3.01. The summed E-state index contributed by atoms with van der Waals surface area (Å²) in [6, 6.07) is 13.9. The number of aliphatic hydroxyl groups excluding tert-OH is 1. The molecule has 0 aliphatic carbocycles. The van der Waals surface area contributed by atoms with Crippen molar-refractivity contribution in [3.05, 3.63) is 42.0 Å². The molecule has 2 rings (SSSR count). The maximum atomic E-state index is 10.4. The lowest BCUT2D eigenvalue weighted by atomic mass is 10.0. The highest BCUT2D eigenvalue weighted by atomic mass is 28.3. The Labute approximate surface area is 129 Å². The van der Waals surface area contributed by atoms with Gasteiger partial charge in [0.25, 0.3) is 0 Å². The normalized spacial score (nSPS) is 13.4. The van der Waals surface area contributed by atoms with Gasteiger partial charge in [0.05, 0.1) is 6.10 Å². The molecule has 0 heterocycles. The molecule has 0 fully saturated rings. The molecule has 0 aromatic heterocycles. The van der Waals surface area contributed by atoms with E-state index in [1.165, 1.54) is 16.5 Å². The number of hydrogen-bond acceptors (Lipinski definition) is 2. The molecule has 0 saturated heterocycles. The topological polar surface area (TPSA) is 23.5 Å². The van der Waals surface area contributed by atoms with Crippen LogP contribution in [0.25, 0.3) is 10.8 Å². The molecule has 0 radical (unpaired) electrons. The van der Waals surface area contributed by atoms with Crippen molar-refractivity contribution in [3.63, 3.8) is 0 Å². The van der Waals surface area contributed by atoms with Gasteiger partial charge in [0.1, 0.15) is 0 Å². The lowest BCUT2D eigenvalue weighted by molar-refractivity contribution is 0.173. The highest BCUT2D eigenvalue weighted by molar-refractivity contribution is 6.76. The van der Waals surface area contributed by atoms with Gasteiger partial charge in [0, 0.05) is 27.9 Å². The molecule has 2 aromatic carbocycles. The van der Waals surface area contributed by atoms with Crippen LogP contribution in [0.3, 0.4) is 0 Å². The van der Waals surface area contributed by atoms with Gasteiger partial charge in [-0.25, -0.2) is 0 Å². The van der Waals surface area contributed by atoms with Gasteiger partial charge in [-0.05, 0) is 41.0 Å². The molecule has 21 heavy (non-hydrogen) atoms. The zero-order chi connectivity index (χ0) is 15.6. The van der Waals surface area contributed by atoms with E-state index in [0.29, 0.717) is 0 Å². The lowest BCUT2D eigenvalue weighted by Gasteiger charge is -2.19. The molecule has 3 heteroatoms. The maximum absolute atomic E-state index is 10.4. The Morgan fingerprint density at radius 2 is 1.62 bits per heavy atom. The average molecular weight is 302 g/mol. The summed E-state index contributed by atoms with van der Waals surface area (Å²) < 4.78 is 0. The summed E-state index contributed by atoms with van der Waals surface area (Å²) in [4.78, 5) is 2.11. The fourth-order valence-corrected chi connectivity index (χ4v) is 3.61. The summed E-state index contributed by atoms with van der Waals surface area (Å²) in [5.74, 6) is 0. The second-order valence-corrected chi connectivity index (χ2v) is 12.9. The number of nitrogens with zero attached hydrogens (tertiary/aromatic N) is 1. The SMILES string of the molecule is CN(C)c1ccc2cc(C(O)CC[Si](C)(C)C)ccc2c1. The van der Waals surface area contributed by atoms with Crippen LogP contribution in [0.2, 0.25) is 25.7 Å². The van der Waals surface area contributed by atoms with Gasteiger partial charge < -0.3 is 10.0 Å². The quantitative estimate of drug-likeness (QED) is 0.811. The third-order valence-corrected chi connectivity index (χ3v) is 5.71. The monoisotopic (exact) mass is 301 g/mol. The first-order valence-electron chi connectivity index (χ1n) is 7.65. The molecular weight excluding hydrogens is 274 g/mol. The smallest absolute Gasteiger partial charge is 0.0787 e. The molecule has 114 valence electrons. The first-order chi connectivity index (χ1) is 9.76. The van der Waals surface area contributed by atoms with E-state index in [0.717, 1.165) is 18.0 Å². The van der Waals surface area contributed by atoms with Gasteiger partial charge in [-0.1, -0.05) is 43.9 Å². The van der Waals surface area contributed by atoms with Crippen molar-refractivity contribution in [2.75, 3.05) is 19.0 Å². The molecule has 1 atom stereocenters. The van der Waals surface area contributed by atoms with Crippen molar-refractivity contribution < 1.29 is 5.11 Å². The van der Waals surface area contributed by atoms with Crippen LogP contribution in [-0.4, -0.2) is 27.3 Å². The van der Waals surface area contributed by atoms with E-state index in [1.807, 2.05) is 0 Å². The summed E-state index contributed by atoms with van der Waals surface area (Å²) in [5, 5.41) is 12.8. The van der Waals surface area contributed by atoms with Crippen LogP contribution < -0.4 is 4.90 Å². The molecule has 0 aliphatic heterocycles. The standard InChI is InChI=1S/C18H27NOSi/c1-19(2)17-9-8-14-12-16(7-6-15(14)13-17)18(20)10-11-21(3,4)5/h6-9,12-13,18,20H,10-11H2,1-5H3. The number of benzene rings is 2. The Kier molecular flexibility index (Phi) is 4.74. The first-order valence-corrected chi connectivity index (χ1v) is 11.4. The molecule has 1 N–H and O–H groups in total. The van der Waals surface area contributed by atoms with Crippen molar-refractivity contribution in [1.29, 1.82) is 0 Å². The molecule has 2 aromatic rings. The second kappa shape index (κ2) is 6.20. The Balaban J connectivity index is 2.21.